The van der Waals surface area contributed by atoms with Gasteiger partial charge in [0.05, 0.1) is 6.20 Å². The summed E-state index contributed by atoms with van der Waals surface area (Å²) in [5.41, 5.74) is 1.29. The molecule has 2 rings (SSSR count). The van der Waals surface area contributed by atoms with E-state index < -0.39 is 16.0 Å². The Morgan fingerprint density at radius 3 is 2.95 bits per heavy atom. The molecule has 1 aromatic heterocycles. The van der Waals surface area contributed by atoms with Gasteiger partial charge in [0.25, 0.3) is 0 Å². The molecule has 0 bridgehead atoms. The van der Waals surface area contributed by atoms with Crippen LogP contribution in [0, 0.1) is 0 Å². The summed E-state index contributed by atoms with van der Waals surface area (Å²) in [5, 5.41) is 12.3. The number of nitrogens with zero attached hydrogens (tertiary/aromatic N) is 2. The molecule has 8 heteroatoms. The number of hydrogen-bond acceptors (Lipinski definition) is 4. The summed E-state index contributed by atoms with van der Waals surface area (Å²) in [6, 6.07) is 0. The van der Waals surface area contributed by atoms with Crippen LogP contribution in [0.2, 0.25) is 0 Å². The van der Waals surface area contributed by atoms with Crippen molar-refractivity contribution < 1.29 is 18.3 Å². The van der Waals surface area contributed by atoms with Gasteiger partial charge < -0.3 is 5.11 Å². The molecule has 0 saturated heterocycles. The molecule has 0 saturated carbocycles. The van der Waals surface area contributed by atoms with Crippen molar-refractivity contribution in [1.29, 1.82) is 0 Å². The van der Waals surface area contributed by atoms with E-state index in [0.717, 1.165) is 30.1 Å². The van der Waals surface area contributed by atoms with E-state index >= 15 is 0 Å². The summed E-state index contributed by atoms with van der Waals surface area (Å²) in [4.78, 5) is 10.5. The third-order valence-corrected chi connectivity index (χ3v) is 4.51. The highest BCUT2D eigenvalue weighted by Gasteiger charge is 2.17. The average Bonchev–Trinajstić information content (AvgIpc) is 2.99. The molecule has 0 aromatic carbocycles. The van der Waals surface area contributed by atoms with Gasteiger partial charge in [-0.25, -0.2) is 13.1 Å². The van der Waals surface area contributed by atoms with Gasteiger partial charge in [-0.1, -0.05) is 11.6 Å². The standard InChI is InChI=1S/C12H17N3O4S/c16-12(17)9-15-8-11(7-13-15)20(18,19)14-6-5-10-3-1-2-4-10/h3,7-8,14H,1-2,4-6,9H2,(H,16,17). The van der Waals surface area contributed by atoms with Crippen molar-refractivity contribution in [3.05, 3.63) is 24.0 Å². The van der Waals surface area contributed by atoms with E-state index in [4.69, 9.17) is 5.11 Å². The Labute approximate surface area is 117 Å². The van der Waals surface area contributed by atoms with Crippen molar-refractivity contribution >= 4 is 16.0 Å². The van der Waals surface area contributed by atoms with E-state index in [-0.39, 0.29) is 11.4 Å². The molecule has 1 heterocycles. The number of aromatic nitrogens is 2. The second-order valence-electron chi connectivity index (χ2n) is 4.67. The summed E-state index contributed by atoms with van der Waals surface area (Å²) in [7, 11) is -3.62. The van der Waals surface area contributed by atoms with Crippen LogP contribution < -0.4 is 4.72 Å². The molecule has 0 radical (unpaired) electrons. The fraction of sp³-hybridized carbons (Fsp3) is 0.500. The van der Waals surface area contributed by atoms with E-state index in [0.29, 0.717) is 13.0 Å². The number of aliphatic carboxylic acids is 1. The van der Waals surface area contributed by atoms with Crippen LogP contribution in [0.25, 0.3) is 0 Å². The van der Waals surface area contributed by atoms with E-state index in [1.165, 1.54) is 11.8 Å². The molecule has 0 spiro atoms. The molecular formula is C12H17N3O4S. The van der Waals surface area contributed by atoms with Gasteiger partial charge in [0.1, 0.15) is 11.4 Å². The molecule has 1 aliphatic rings. The largest absolute Gasteiger partial charge is 0.480 e. The number of rotatable bonds is 7. The normalized spacial score (nSPS) is 15.3. The van der Waals surface area contributed by atoms with Gasteiger partial charge in [0.2, 0.25) is 10.0 Å². The van der Waals surface area contributed by atoms with E-state index in [9.17, 15) is 13.2 Å². The molecule has 0 fully saturated rings. The SMILES string of the molecule is O=C(O)Cn1cc(S(=O)(=O)NCCC2=CCCC2)cn1. The average molecular weight is 299 g/mol. The number of carboxylic acids is 1. The molecule has 0 unspecified atom stereocenters. The minimum Gasteiger partial charge on any atom is -0.480 e. The van der Waals surface area contributed by atoms with Crippen LogP contribution in [0.3, 0.4) is 0 Å². The summed E-state index contributed by atoms with van der Waals surface area (Å²) in [5.74, 6) is -1.07. The zero-order chi connectivity index (χ0) is 14.6. The van der Waals surface area contributed by atoms with E-state index in [1.54, 1.807) is 0 Å². The molecular weight excluding hydrogens is 282 g/mol. The fourth-order valence-corrected chi connectivity index (χ4v) is 3.09. The fourth-order valence-electron chi connectivity index (χ4n) is 2.10. The topological polar surface area (TPSA) is 101 Å². The number of carbonyl (C=O) groups is 1. The maximum absolute atomic E-state index is 12.0. The highest BCUT2D eigenvalue weighted by molar-refractivity contribution is 7.89. The second kappa shape index (κ2) is 6.19. The van der Waals surface area contributed by atoms with Crippen LogP contribution in [-0.2, 0) is 21.4 Å². The molecule has 1 aromatic rings. The number of carboxylic acid groups (broad SMARTS) is 1. The van der Waals surface area contributed by atoms with Crippen LogP contribution in [-0.4, -0.2) is 35.8 Å². The Bertz CT molecular complexity index is 618. The Kier molecular flexibility index (Phi) is 4.56. The third-order valence-electron chi connectivity index (χ3n) is 3.09. The number of allylic oxidation sites excluding steroid dienone is 1. The summed E-state index contributed by atoms with van der Waals surface area (Å²) >= 11 is 0. The number of hydrogen-bond donors (Lipinski definition) is 2. The molecule has 1 aliphatic carbocycles. The van der Waals surface area contributed by atoms with Crippen LogP contribution in [0.4, 0.5) is 0 Å². The van der Waals surface area contributed by atoms with Crippen molar-refractivity contribution in [2.75, 3.05) is 6.54 Å². The van der Waals surface area contributed by atoms with Gasteiger partial charge in [-0.3, -0.25) is 9.48 Å². The van der Waals surface area contributed by atoms with Crippen LogP contribution in [0.15, 0.2) is 28.9 Å². The van der Waals surface area contributed by atoms with Gasteiger partial charge in [-0.2, -0.15) is 5.10 Å². The summed E-state index contributed by atoms with van der Waals surface area (Å²) in [6.07, 6.45) is 8.49. The van der Waals surface area contributed by atoms with E-state index in [1.807, 2.05) is 0 Å². The Morgan fingerprint density at radius 2 is 2.30 bits per heavy atom. The van der Waals surface area contributed by atoms with Crippen LogP contribution in [0.5, 0.6) is 0 Å². The maximum Gasteiger partial charge on any atom is 0.325 e. The minimum absolute atomic E-state index is 0.0147. The second-order valence-corrected chi connectivity index (χ2v) is 6.44. The first-order chi connectivity index (χ1) is 9.47. The zero-order valence-corrected chi connectivity index (χ0v) is 11.8. The number of sulfonamides is 1. The predicted molar refractivity (Wildman–Crippen MR) is 71.6 cm³/mol. The number of nitrogens with one attached hydrogen (secondary N) is 1. The highest BCUT2D eigenvalue weighted by Crippen LogP contribution is 2.20. The van der Waals surface area contributed by atoms with Crippen molar-refractivity contribution in [3.8, 4) is 0 Å². The van der Waals surface area contributed by atoms with E-state index in [2.05, 4.69) is 15.9 Å². The monoisotopic (exact) mass is 299 g/mol. The molecule has 7 nitrogen and oxygen atoms in total. The molecule has 0 aliphatic heterocycles. The molecule has 0 amide bonds. The maximum atomic E-state index is 12.0. The lowest BCUT2D eigenvalue weighted by Crippen LogP contribution is -2.24. The first-order valence-corrected chi connectivity index (χ1v) is 7.87. The van der Waals surface area contributed by atoms with Crippen LogP contribution >= 0.6 is 0 Å². The quantitative estimate of drug-likeness (QED) is 0.723. The Morgan fingerprint density at radius 1 is 1.50 bits per heavy atom. The predicted octanol–water partition coefficient (Wildman–Crippen LogP) is 0.746. The first-order valence-electron chi connectivity index (χ1n) is 6.39. The molecule has 110 valence electrons. The lowest BCUT2D eigenvalue weighted by atomic mass is 10.2. The van der Waals surface area contributed by atoms with Crippen molar-refractivity contribution in [2.45, 2.75) is 37.1 Å². The van der Waals surface area contributed by atoms with Crippen LogP contribution in [0.1, 0.15) is 25.7 Å². The smallest absolute Gasteiger partial charge is 0.325 e. The lowest BCUT2D eigenvalue weighted by Gasteiger charge is -2.05. The summed E-state index contributed by atoms with van der Waals surface area (Å²) in [6.45, 7) is -0.0132. The van der Waals surface area contributed by atoms with Crippen molar-refractivity contribution in [3.63, 3.8) is 0 Å². The third kappa shape index (κ3) is 3.91. The van der Waals surface area contributed by atoms with Gasteiger partial charge in [-0.15, -0.1) is 0 Å². The molecule has 0 atom stereocenters. The first kappa shape index (κ1) is 14.7. The Hall–Kier alpha value is -1.67. The Balaban J connectivity index is 1.92. The minimum atomic E-state index is -3.62. The molecule has 20 heavy (non-hydrogen) atoms. The summed E-state index contributed by atoms with van der Waals surface area (Å²) < 4.78 is 27.5. The van der Waals surface area contributed by atoms with Crippen molar-refractivity contribution in [1.82, 2.24) is 14.5 Å². The molecule has 2 N–H and O–H groups in total. The highest BCUT2D eigenvalue weighted by atomic mass is 32.2. The zero-order valence-electron chi connectivity index (χ0n) is 10.9. The van der Waals surface area contributed by atoms with Gasteiger partial charge in [-0.05, 0) is 25.7 Å². The van der Waals surface area contributed by atoms with Gasteiger partial charge in [0, 0.05) is 12.7 Å². The van der Waals surface area contributed by atoms with Gasteiger partial charge >= 0.3 is 5.97 Å². The van der Waals surface area contributed by atoms with Gasteiger partial charge in [0.15, 0.2) is 0 Å². The lowest BCUT2D eigenvalue weighted by molar-refractivity contribution is -0.137. The van der Waals surface area contributed by atoms with Crippen molar-refractivity contribution in [2.24, 2.45) is 0 Å².